The number of nitrogens with zero attached hydrogens (tertiary/aromatic N) is 3. The largest absolute Gasteiger partial charge is 0.376 e. The Kier molecular flexibility index (Phi) is 6.38. The second-order valence-corrected chi connectivity index (χ2v) is 10.2. The van der Waals surface area contributed by atoms with Gasteiger partial charge in [-0.2, -0.15) is 0 Å². The van der Waals surface area contributed by atoms with E-state index in [1.165, 1.54) is 23.1 Å². The Labute approximate surface area is 203 Å². The molecule has 0 spiro atoms. The van der Waals surface area contributed by atoms with E-state index in [2.05, 4.69) is 10.3 Å². The number of thiophene rings is 1. The van der Waals surface area contributed by atoms with E-state index in [-0.39, 0.29) is 23.3 Å². The molecule has 1 saturated heterocycles. The monoisotopic (exact) mass is 500 g/mol. The molecule has 1 fully saturated rings. The van der Waals surface area contributed by atoms with Crippen molar-refractivity contribution in [1.29, 1.82) is 0 Å². The molecule has 4 heterocycles. The lowest BCUT2D eigenvalue weighted by molar-refractivity contribution is -0.113. The first-order valence-electron chi connectivity index (χ1n) is 10.6. The third kappa shape index (κ3) is 4.63. The lowest BCUT2D eigenvalue weighted by Crippen LogP contribution is -2.28. The van der Waals surface area contributed by atoms with E-state index < -0.39 is 0 Å². The van der Waals surface area contributed by atoms with Crippen molar-refractivity contribution in [3.8, 4) is 0 Å². The van der Waals surface area contributed by atoms with Crippen LogP contribution in [0, 0.1) is 6.92 Å². The highest BCUT2D eigenvalue weighted by Crippen LogP contribution is 2.31. The van der Waals surface area contributed by atoms with Crippen molar-refractivity contribution in [2.24, 2.45) is 0 Å². The number of aromatic nitrogens is 3. The molecule has 10 heteroatoms. The van der Waals surface area contributed by atoms with E-state index in [4.69, 9.17) is 21.3 Å². The van der Waals surface area contributed by atoms with Crippen LogP contribution in [0.25, 0.3) is 20.4 Å². The quantitative estimate of drug-likeness (QED) is 0.300. The lowest BCUT2D eigenvalue weighted by atomic mass is 10.2. The molecule has 0 aliphatic carbocycles. The summed E-state index contributed by atoms with van der Waals surface area (Å²) in [7, 11) is 0. The third-order valence-electron chi connectivity index (χ3n) is 5.46. The highest BCUT2D eigenvalue weighted by molar-refractivity contribution is 7.99. The Hall–Kier alpha value is -2.46. The molecule has 1 unspecified atom stereocenters. The molecule has 170 valence electrons. The van der Waals surface area contributed by atoms with Gasteiger partial charge in [0, 0.05) is 18.2 Å². The van der Waals surface area contributed by atoms with Gasteiger partial charge in [-0.3, -0.25) is 14.2 Å². The van der Waals surface area contributed by atoms with Crippen molar-refractivity contribution >= 4 is 66.7 Å². The first kappa shape index (κ1) is 22.3. The van der Waals surface area contributed by atoms with Crippen LogP contribution in [-0.2, 0) is 16.1 Å². The maximum atomic E-state index is 13.4. The number of hydrogen-bond acceptors (Lipinski definition) is 7. The Balaban J connectivity index is 1.46. The van der Waals surface area contributed by atoms with Gasteiger partial charge in [-0.15, -0.1) is 11.3 Å². The van der Waals surface area contributed by atoms with E-state index in [9.17, 15) is 9.59 Å². The van der Waals surface area contributed by atoms with Crippen molar-refractivity contribution in [1.82, 2.24) is 14.5 Å². The van der Waals surface area contributed by atoms with Crippen molar-refractivity contribution in [3.63, 3.8) is 0 Å². The molecule has 3 aromatic heterocycles. The van der Waals surface area contributed by atoms with Gasteiger partial charge in [-0.05, 0) is 49.6 Å². The van der Waals surface area contributed by atoms with Crippen molar-refractivity contribution in [2.75, 3.05) is 17.7 Å². The summed E-state index contributed by atoms with van der Waals surface area (Å²) in [6.07, 6.45) is 3.55. The maximum absolute atomic E-state index is 13.4. The smallest absolute Gasteiger partial charge is 0.272 e. The summed E-state index contributed by atoms with van der Waals surface area (Å²) in [5.41, 5.74) is 2.08. The molecule has 1 aromatic carbocycles. The zero-order valence-corrected chi connectivity index (χ0v) is 20.2. The molecular weight excluding hydrogens is 480 g/mol. The Morgan fingerprint density at radius 3 is 3.06 bits per heavy atom. The second kappa shape index (κ2) is 9.42. The predicted molar refractivity (Wildman–Crippen MR) is 134 cm³/mol. The summed E-state index contributed by atoms with van der Waals surface area (Å²) in [5, 5.41) is 4.66. The number of fused-ring (bicyclic) bond motifs is 3. The second-order valence-electron chi connectivity index (χ2n) is 7.90. The molecule has 0 bridgehead atoms. The third-order valence-corrected chi connectivity index (χ3v) is 7.84. The fraction of sp³-hybridized carbons (Fsp3) is 0.304. The number of carbonyl (C=O) groups is 1. The van der Waals surface area contributed by atoms with Crippen LogP contribution in [0.3, 0.4) is 0 Å². The van der Waals surface area contributed by atoms with Crippen molar-refractivity contribution < 1.29 is 9.53 Å². The zero-order chi connectivity index (χ0) is 22.9. The maximum Gasteiger partial charge on any atom is 0.272 e. The first-order chi connectivity index (χ1) is 16.0. The minimum atomic E-state index is -0.222. The van der Waals surface area contributed by atoms with Gasteiger partial charge in [0.05, 0.1) is 34.6 Å². The molecule has 5 rings (SSSR count). The molecule has 33 heavy (non-hydrogen) atoms. The van der Waals surface area contributed by atoms with Crippen LogP contribution in [0.1, 0.15) is 18.4 Å². The molecule has 1 amide bonds. The van der Waals surface area contributed by atoms with Gasteiger partial charge in [0.2, 0.25) is 5.91 Å². The van der Waals surface area contributed by atoms with E-state index in [1.54, 1.807) is 22.9 Å². The minimum absolute atomic E-state index is 0.0333. The minimum Gasteiger partial charge on any atom is -0.376 e. The summed E-state index contributed by atoms with van der Waals surface area (Å²) in [5.74, 6) is -0.130. The molecule has 4 aromatic rings. The standard InChI is InChI=1S/C23H21ClN4O3S2/c1-13-6-7-17(16(24)10-13)26-18(29)12-32-23-27-19-15-5-2-8-25-21(15)33-20(19)22(30)28(23)11-14-4-3-9-31-14/h2,5-8,10,14H,3-4,9,11-12H2,1H3,(H,26,29). The van der Waals surface area contributed by atoms with Crippen LogP contribution in [0.15, 0.2) is 46.5 Å². The number of aryl methyl sites for hydroxylation is 1. The summed E-state index contributed by atoms with van der Waals surface area (Å²) < 4.78 is 7.98. The van der Waals surface area contributed by atoms with E-state index >= 15 is 0 Å². The number of nitrogens with one attached hydrogen (secondary N) is 1. The number of amides is 1. The normalized spacial score (nSPS) is 16.0. The zero-order valence-electron chi connectivity index (χ0n) is 17.8. The van der Waals surface area contributed by atoms with Gasteiger partial charge in [-0.25, -0.2) is 9.97 Å². The average molecular weight is 501 g/mol. The van der Waals surface area contributed by atoms with E-state index in [0.717, 1.165) is 28.6 Å². The molecule has 1 aliphatic heterocycles. The molecule has 1 N–H and O–H groups in total. The number of pyridine rings is 1. The van der Waals surface area contributed by atoms with Crippen LogP contribution in [0.2, 0.25) is 5.02 Å². The van der Waals surface area contributed by atoms with Gasteiger partial charge in [-0.1, -0.05) is 29.4 Å². The summed E-state index contributed by atoms with van der Waals surface area (Å²) >= 11 is 8.82. The number of ether oxygens (including phenoxy) is 1. The number of thioether (sulfide) groups is 1. The summed E-state index contributed by atoms with van der Waals surface area (Å²) in [6.45, 7) is 3.05. The Bertz CT molecular complexity index is 1410. The van der Waals surface area contributed by atoms with Gasteiger partial charge in [0.1, 0.15) is 9.53 Å². The molecule has 0 radical (unpaired) electrons. The van der Waals surface area contributed by atoms with Gasteiger partial charge in [0.15, 0.2) is 5.16 Å². The molecular formula is C23H21ClN4O3S2. The average Bonchev–Trinajstić information content (AvgIpc) is 3.44. The molecule has 0 saturated carbocycles. The Morgan fingerprint density at radius 1 is 1.39 bits per heavy atom. The molecule has 7 nitrogen and oxygen atoms in total. The predicted octanol–water partition coefficient (Wildman–Crippen LogP) is 4.88. The molecule has 1 aliphatic rings. The summed E-state index contributed by atoms with van der Waals surface area (Å²) in [4.78, 5) is 36.1. The van der Waals surface area contributed by atoms with Crippen LogP contribution < -0.4 is 10.9 Å². The fourth-order valence-electron chi connectivity index (χ4n) is 3.84. The van der Waals surface area contributed by atoms with Crippen molar-refractivity contribution in [2.45, 2.75) is 37.6 Å². The van der Waals surface area contributed by atoms with Gasteiger partial charge < -0.3 is 10.1 Å². The number of hydrogen-bond donors (Lipinski definition) is 1. The van der Waals surface area contributed by atoms with Crippen LogP contribution >= 0.6 is 34.7 Å². The number of halogens is 1. The van der Waals surface area contributed by atoms with Crippen LogP contribution in [0.5, 0.6) is 0 Å². The van der Waals surface area contributed by atoms with Crippen LogP contribution in [0.4, 0.5) is 5.69 Å². The highest BCUT2D eigenvalue weighted by Gasteiger charge is 2.22. The number of benzene rings is 1. The van der Waals surface area contributed by atoms with Crippen molar-refractivity contribution in [3.05, 3.63) is 57.5 Å². The number of anilines is 1. The van der Waals surface area contributed by atoms with Crippen LogP contribution in [-0.4, -0.2) is 38.9 Å². The van der Waals surface area contributed by atoms with Gasteiger partial charge in [0.25, 0.3) is 5.56 Å². The number of carbonyl (C=O) groups excluding carboxylic acids is 1. The summed E-state index contributed by atoms with van der Waals surface area (Å²) in [6, 6.07) is 9.22. The van der Waals surface area contributed by atoms with E-state index in [1.807, 2.05) is 25.1 Å². The van der Waals surface area contributed by atoms with Gasteiger partial charge >= 0.3 is 0 Å². The first-order valence-corrected chi connectivity index (χ1v) is 12.8. The van der Waals surface area contributed by atoms with E-state index in [0.29, 0.717) is 39.2 Å². The topological polar surface area (TPSA) is 86.1 Å². The Morgan fingerprint density at radius 2 is 2.27 bits per heavy atom. The lowest BCUT2D eigenvalue weighted by Gasteiger charge is -2.15. The fourth-order valence-corrected chi connectivity index (χ4v) is 5.96. The highest BCUT2D eigenvalue weighted by atomic mass is 35.5. The number of rotatable bonds is 6. The SMILES string of the molecule is Cc1ccc(NC(=O)CSc2nc3c(sc4ncccc43)c(=O)n2CC2CCCO2)c(Cl)c1. The molecule has 1 atom stereocenters.